The Hall–Kier alpha value is -2.02. The molecule has 1 aromatic carbocycles. The second kappa shape index (κ2) is 7.33. The van der Waals surface area contributed by atoms with Crippen LogP contribution in [-0.4, -0.2) is 14.1 Å². The fraction of sp³-hybridized carbons (Fsp3) is 0.176. The van der Waals surface area contributed by atoms with Crippen molar-refractivity contribution in [1.82, 2.24) is 0 Å². The first kappa shape index (κ1) is 14.0. The summed E-state index contributed by atoms with van der Waals surface area (Å²) in [5.74, 6) is 0. The summed E-state index contributed by atoms with van der Waals surface area (Å²) in [7, 11) is 4.09. The first-order valence-corrected chi connectivity index (χ1v) is 6.05. The van der Waals surface area contributed by atoms with Gasteiger partial charge >= 0.3 is 0 Å². The topological polar surface area (TPSA) is 3.24 Å². The van der Waals surface area contributed by atoms with Gasteiger partial charge < -0.3 is 4.90 Å². The number of nitrogens with zero attached hydrogens (tertiary/aromatic N) is 1. The van der Waals surface area contributed by atoms with E-state index in [1.165, 1.54) is 16.8 Å². The summed E-state index contributed by atoms with van der Waals surface area (Å²) in [6.45, 7) is 5.72. The summed E-state index contributed by atoms with van der Waals surface area (Å²) < 4.78 is 0. The predicted molar refractivity (Wildman–Crippen MR) is 82.9 cm³/mol. The van der Waals surface area contributed by atoms with Crippen LogP contribution in [0.25, 0.3) is 6.08 Å². The lowest BCUT2D eigenvalue weighted by Crippen LogP contribution is -2.07. The van der Waals surface area contributed by atoms with Gasteiger partial charge in [0.1, 0.15) is 0 Å². The summed E-state index contributed by atoms with van der Waals surface area (Å²) in [5.41, 5.74) is 3.64. The van der Waals surface area contributed by atoms with Crippen LogP contribution in [0.3, 0.4) is 0 Å². The highest BCUT2D eigenvalue weighted by atomic mass is 15.1. The first-order chi connectivity index (χ1) is 8.63. The number of rotatable bonds is 5. The van der Waals surface area contributed by atoms with E-state index in [1.54, 1.807) is 6.08 Å². The molecule has 0 amide bonds. The van der Waals surface area contributed by atoms with E-state index in [9.17, 15) is 0 Å². The number of benzene rings is 1. The van der Waals surface area contributed by atoms with Gasteiger partial charge in [-0.25, -0.2) is 0 Å². The third kappa shape index (κ3) is 4.88. The van der Waals surface area contributed by atoms with Crippen molar-refractivity contribution in [2.45, 2.75) is 6.92 Å². The van der Waals surface area contributed by atoms with E-state index in [0.717, 1.165) is 0 Å². The maximum atomic E-state index is 3.64. The Morgan fingerprint density at radius 3 is 2.33 bits per heavy atom. The minimum absolute atomic E-state index is 1.21. The van der Waals surface area contributed by atoms with E-state index in [-0.39, 0.29) is 0 Å². The molecule has 0 saturated carbocycles. The van der Waals surface area contributed by atoms with E-state index >= 15 is 0 Å². The predicted octanol–water partition coefficient (Wildman–Crippen LogP) is 4.45. The molecule has 1 nitrogen and oxygen atoms in total. The van der Waals surface area contributed by atoms with Crippen molar-refractivity contribution in [3.63, 3.8) is 0 Å². The maximum Gasteiger partial charge on any atom is 0.0361 e. The summed E-state index contributed by atoms with van der Waals surface area (Å²) in [4.78, 5) is 2.10. The highest BCUT2D eigenvalue weighted by molar-refractivity contribution is 5.57. The Morgan fingerprint density at radius 2 is 1.78 bits per heavy atom. The Kier molecular flexibility index (Phi) is 5.72. The number of hydrogen-bond donors (Lipinski definition) is 0. The van der Waals surface area contributed by atoms with Gasteiger partial charge in [-0.2, -0.15) is 0 Å². The molecule has 0 radical (unpaired) electrons. The van der Waals surface area contributed by atoms with Gasteiger partial charge in [-0.3, -0.25) is 0 Å². The molecular formula is C17H21N. The molecule has 0 aliphatic heterocycles. The lowest BCUT2D eigenvalue weighted by molar-refractivity contribution is 1.13. The molecule has 0 aromatic heterocycles. The van der Waals surface area contributed by atoms with Crippen molar-refractivity contribution in [2.75, 3.05) is 19.0 Å². The Bertz CT molecular complexity index is 459. The third-order valence-electron chi connectivity index (χ3n) is 2.55. The van der Waals surface area contributed by atoms with E-state index in [1.807, 2.05) is 26.2 Å². The fourth-order valence-electron chi connectivity index (χ4n) is 1.45. The van der Waals surface area contributed by atoms with Crippen LogP contribution in [0, 0.1) is 0 Å². The molecule has 94 valence electrons. The lowest BCUT2D eigenvalue weighted by Gasteiger charge is -2.11. The molecule has 1 aromatic rings. The smallest absolute Gasteiger partial charge is 0.0361 e. The van der Waals surface area contributed by atoms with E-state index in [0.29, 0.717) is 0 Å². The Balaban J connectivity index is 2.69. The van der Waals surface area contributed by atoms with Crippen molar-refractivity contribution in [3.05, 3.63) is 72.4 Å². The van der Waals surface area contributed by atoms with Gasteiger partial charge in [0.25, 0.3) is 0 Å². The molecule has 18 heavy (non-hydrogen) atoms. The van der Waals surface area contributed by atoms with Gasteiger partial charge in [-0.05, 0) is 24.6 Å². The average molecular weight is 239 g/mol. The van der Waals surface area contributed by atoms with Crippen molar-refractivity contribution in [3.8, 4) is 0 Å². The molecular weight excluding hydrogens is 218 g/mol. The van der Waals surface area contributed by atoms with Crippen molar-refractivity contribution >= 4 is 11.8 Å². The summed E-state index contributed by atoms with van der Waals surface area (Å²) in [5, 5.41) is 0. The fourth-order valence-corrected chi connectivity index (χ4v) is 1.45. The normalized spacial score (nSPS) is 12.3. The largest absolute Gasteiger partial charge is 0.378 e. The molecule has 1 heteroatoms. The van der Waals surface area contributed by atoms with Gasteiger partial charge in [0, 0.05) is 19.8 Å². The zero-order chi connectivity index (χ0) is 13.4. The SMILES string of the molecule is C=C/C=C\C=C(/C)C=Cc1ccc(N(C)C)cc1. The van der Waals surface area contributed by atoms with Crippen LogP contribution in [-0.2, 0) is 0 Å². The van der Waals surface area contributed by atoms with Crippen LogP contribution in [0.4, 0.5) is 5.69 Å². The van der Waals surface area contributed by atoms with Crippen molar-refractivity contribution < 1.29 is 0 Å². The van der Waals surface area contributed by atoms with E-state index < -0.39 is 0 Å². The van der Waals surface area contributed by atoms with Crippen LogP contribution in [0.1, 0.15) is 12.5 Å². The standard InChI is InChI=1S/C17H21N/c1-5-6-7-8-15(2)9-10-16-11-13-17(14-12-16)18(3)4/h5-14H,1H2,2-4H3/b7-6-,10-9?,15-8+. The summed E-state index contributed by atoms with van der Waals surface area (Å²) in [6.07, 6.45) is 12.0. The molecule has 0 bridgehead atoms. The summed E-state index contributed by atoms with van der Waals surface area (Å²) in [6, 6.07) is 8.49. The first-order valence-electron chi connectivity index (χ1n) is 6.05. The van der Waals surface area contributed by atoms with Crippen LogP contribution in [0.15, 0.2) is 66.8 Å². The molecule has 0 aliphatic rings. The quantitative estimate of drug-likeness (QED) is 0.686. The minimum Gasteiger partial charge on any atom is -0.378 e. The average Bonchev–Trinajstić information content (AvgIpc) is 2.37. The lowest BCUT2D eigenvalue weighted by atomic mass is 10.1. The summed E-state index contributed by atoms with van der Waals surface area (Å²) >= 11 is 0. The molecule has 1 rings (SSSR count). The van der Waals surface area contributed by atoms with Gasteiger partial charge in [-0.1, -0.05) is 60.7 Å². The monoisotopic (exact) mass is 239 g/mol. The highest BCUT2D eigenvalue weighted by Crippen LogP contribution is 2.13. The van der Waals surface area contributed by atoms with E-state index in [2.05, 4.69) is 60.9 Å². The molecule has 0 spiro atoms. The third-order valence-corrected chi connectivity index (χ3v) is 2.55. The van der Waals surface area contributed by atoms with Gasteiger partial charge in [-0.15, -0.1) is 0 Å². The number of hydrogen-bond acceptors (Lipinski definition) is 1. The van der Waals surface area contributed by atoms with Gasteiger partial charge in [0.2, 0.25) is 0 Å². The van der Waals surface area contributed by atoms with Crippen LogP contribution < -0.4 is 4.90 Å². The van der Waals surface area contributed by atoms with Crippen LogP contribution in [0.5, 0.6) is 0 Å². The van der Waals surface area contributed by atoms with E-state index in [4.69, 9.17) is 0 Å². The molecule has 0 atom stereocenters. The minimum atomic E-state index is 1.21. The Morgan fingerprint density at radius 1 is 1.11 bits per heavy atom. The number of anilines is 1. The van der Waals surface area contributed by atoms with Crippen molar-refractivity contribution in [2.24, 2.45) is 0 Å². The molecule has 0 saturated heterocycles. The van der Waals surface area contributed by atoms with Crippen LogP contribution >= 0.6 is 0 Å². The molecule has 0 fully saturated rings. The second-order valence-electron chi connectivity index (χ2n) is 4.35. The zero-order valence-corrected chi connectivity index (χ0v) is 11.4. The van der Waals surface area contributed by atoms with Gasteiger partial charge in [0.15, 0.2) is 0 Å². The second-order valence-corrected chi connectivity index (χ2v) is 4.35. The van der Waals surface area contributed by atoms with Crippen LogP contribution in [0.2, 0.25) is 0 Å². The van der Waals surface area contributed by atoms with Crippen molar-refractivity contribution in [1.29, 1.82) is 0 Å². The highest BCUT2D eigenvalue weighted by Gasteiger charge is 1.93. The zero-order valence-electron chi connectivity index (χ0n) is 11.4. The Labute approximate surface area is 110 Å². The van der Waals surface area contributed by atoms with Gasteiger partial charge in [0.05, 0.1) is 0 Å². The molecule has 0 heterocycles. The number of allylic oxidation sites excluding steroid dienone is 6. The molecule has 0 aliphatic carbocycles. The molecule has 0 unspecified atom stereocenters. The molecule has 0 N–H and O–H groups in total. The maximum absolute atomic E-state index is 3.64.